The number of hydrogen-bond donors (Lipinski definition) is 4. The van der Waals surface area contributed by atoms with E-state index in [1.54, 1.807) is 0 Å². The van der Waals surface area contributed by atoms with Crippen molar-refractivity contribution in [3.05, 3.63) is 12.2 Å². The van der Waals surface area contributed by atoms with Gasteiger partial charge in [-0.1, -0.05) is 70.4 Å². The first-order valence-electron chi connectivity index (χ1n) is 11.7. The van der Waals surface area contributed by atoms with Gasteiger partial charge in [0, 0.05) is 19.5 Å². The molecule has 0 aromatic carbocycles. The van der Waals surface area contributed by atoms with Gasteiger partial charge in [0.2, 0.25) is 0 Å². The molecule has 0 saturated heterocycles. The molecule has 0 radical (unpaired) electrons. The van der Waals surface area contributed by atoms with E-state index in [1.807, 2.05) is 0 Å². The van der Waals surface area contributed by atoms with Crippen molar-refractivity contribution in [3.8, 4) is 0 Å². The van der Waals surface area contributed by atoms with Crippen molar-refractivity contribution in [2.45, 2.75) is 96.8 Å². The molecule has 0 bridgehead atoms. The minimum Gasteiger partial charge on any atom is -0.395 e. The van der Waals surface area contributed by atoms with Crippen molar-refractivity contribution in [3.63, 3.8) is 0 Å². The Kier molecular flexibility index (Phi) is 19.7. The first kappa shape index (κ1) is 29.3. The zero-order chi connectivity index (χ0) is 22.5. The van der Waals surface area contributed by atoms with Crippen LogP contribution in [0.25, 0.3) is 0 Å². The van der Waals surface area contributed by atoms with E-state index in [-0.39, 0.29) is 6.61 Å². The van der Waals surface area contributed by atoms with Crippen LogP contribution in [0.15, 0.2) is 17.1 Å². The number of β-amino-alcohol motifs (C(OH)–C–C–N with tert-alkyl or cyclic N) is 1. The number of amidine groups is 1. The number of allylic oxidation sites excluding steroid dienone is 2. The van der Waals surface area contributed by atoms with Crippen LogP contribution in [0.1, 0.15) is 96.8 Å². The molecule has 8 heteroatoms. The molecule has 0 fully saturated rings. The van der Waals surface area contributed by atoms with Crippen LogP contribution in [-0.4, -0.2) is 56.8 Å². The van der Waals surface area contributed by atoms with E-state index in [0.29, 0.717) is 0 Å². The van der Waals surface area contributed by atoms with E-state index < -0.39 is 7.82 Å². The van der Waals surface area contributed by atoms with Gasteiger partial charge in [0.25, 0.3) is 0 Å². The normalized spacial score (nSPS) is 14.2. The minimum absolute atomic E-state index is 0.241. The standard InChI is InChI=1S/C22H42N2O.H3O4P/c1-2-3-4-5-6-7-8-9-10-11-12-13-14-15-16-17-22-23-18-19-24(22)20-21-25;1-5(2,3)4/h9-10,25H,2-8,11-21H2,1H3;(H3,1,2,3,4). The molecule has 30 heavy (non-hydrogen) atoms. The van der Waals surface area contributed by atoms with Gasteiger partial charge in [0.05, 0.1) is 19.0 Å². The van der Waals surface area contributed by atoms with Crippen LogP contribution in [0.3, 0.4) is 0 Å². The molecule has 0 aromatic heterocycles. The van der Waals surface area contributed by atoms with Crippen LogP contribution in [0.4, 0.5) is 0 Å². The number of hydrogen-bond acceptors (Lipinski definition) is 4. The molecule has 0 spiro atoms. The van der Waals surface area contributed by atoms with Gasteiger partial charge in [0.1, 0.15) is 0 Å². The fourth-order valence-corrected chi connectivity index (χ4v) is 3.48. The summed E-state index contributed by atoms with van der Waals surface area (Å²) in [6, 6.07) is 0. The van der Waals surface area contributed by atoms with E-state index in [2.05, 4.69) is 29.0 Å². The summed E-state index contributed by atoms with van der Waals surface area (Å²) in [5.41, 5.74) is 0. The summed E-state index contributed by atoms with van der Waals surface area (Å²) >= 11 is 0. The average molecular weight is 449 g/mol. The third-order valence-electron chi connectivity index (χ3n) is 5.06. The lowest BCUT2D eigenvalue weighted by Crippen LogP contribution is -2.30. The maximum absolute atomic E-state index is 9.05. The molecule has 0 atom stereocenters. The van der Waals surface area contributed by atoms with Gasteiger partial charge in [-0.15, -0.1) is 0 Å². The number of aliphatic hydroxyl groups excluding tert-OH is 1. The molecule has 1 heterocycles. The van der Waals surface area contributed by atoms with Crippen LogP contribution in [0.5, 0.6) is 0 Å². The van der Waals surface area contributed by atoms with Crippen LogP contribution < -0.4 is 0 Å². The highest BCUT2D eigenvalue weighted by atomic mass is 31.2. The average Bonchev–Trinajstić information content (AvgIpc) is 3.11. The molecular weight excluding hydrogens is 403 g/mol. The Morgan fingerprint density at radius 3 is 1.93 bits per heavy atom. The lowest BCUT2D eigenvalue weighted by atomic mass is 10.1. The molecule has 0 aromatic rings. The van der Waals surface area contributed by atoms with Crippen LogP contribution >= 0.6 is 7.82 Å². The first-order chi connectivity index (χ1) is 14.4. The summed E-state index contributed by atoms with van der Waals surface area (Å²) in [6.07, 6.45) is 23.4. The highest BCUT2D eigenvalue weighted by Gasteiger charge is 2.14. The molecule has 0 unspecified atom stereocenters. The number of phosphoric acid groups is 1. The highest BCUT2D eigenvalue weighted by Crippen LogP contribution is 2.25. The van der Waals surface area contributed by atoms with Crippen molar-refractivity contribution in [2.75, 3.05) is 26.2 Å². The summed E-state index contributed by atoms with van der Waals surface area (Å²) < 4.78 is 8.88. The topological polar surface area (TPSA) is 114 Å². The molecule has 1 rings (SSSR count). The quantitative estimate of drug-likeness (QED) is 0.144. The summed E-state index contributed by atoms with van der Waals surface area (Å²) in [6.45, 7) is 5.19. The Morgan fingerprint density at radius 1 is 0.900 bits per heavy atom. The van der Waals surface area contributed by atoms with Crippen LogP contribution in [0, 0.1) is 0 Å². The maximum atomic E-state index is 9.05. The third-order valence-corrected chi connectivity index (χ3v) is 5.06. The van der Waals surface area contributed by atoms with Gasteiger partial charge in [-0.3, -0.25) is 4.99 Å². The minimum atomic E-state index is -4.64. The van der Waals surface area contributed by atoms with Crippen molar-refractivity contribution < 1.29 is 24.4 Å². The van der Waals surface area contributed by atoms with Crippen LogP contribution in [-0.2, 0) is 4.57 Å². The summed E-state index contributed by atoms with van der Waals surface area (Å²) in [5.74, 6) is 1.23. The van der Waals surface area contributed by atoms with Gasteiger partial charge < -0.3 is 24.7 Å². The van der Waals surface area contributed by atoms with Crippen molar-refractivity contribution in [1.82, 2.24) is 4.90 Å². The molecule has 1 aliphatic rings. The molecule has 0 amide bonds. The fourth-order valence-electron chi connectivity index (χ4n) is 3.48. The van der Waals surface area contributed by atoms with Gasteiger partial charge in [-0.2, -0.15) is 0 Å². The fraction of sp³-hybridized carbons (Fsp3) is 0.864. The van der Waals surface area contributed by atoms with E-state index in [4.69, 9.17) is 24.4 Å². The van der Waals surface area contributed by atoms with Crippen molar-refractivity contribution in [1.29, 1.82) is 0 Å². The van der Waals surface area contributed by atoms with E-state index >= 15 is 0 Å². The Balaban J connectivity index is 0.00000150. The first-order valence-corrected chi connectivity index (χ1v) is 13.3. The molecular formula is C22H45N2O5P. The third kappa shape index (κ3) is 22.0. The van der Waals surface area contributed by atoms with Crippen LogP contribution in [0.2, 0.25) is 0 Å². The number of unbranched alkanes of at least 4 members (excludes halogenated alkanes) is 11. The molecule has 1 aliphatic heterocycles. The highest BCUT2D eigenvalue weighted by molar-refractivity contribution is 7.45. The summed E-state index contributed by atoms with van der Waals surface area (Å²) in [7, 11) is -4.64. The van der Waals surface area contributed by atoms with Gasteiger partial charge in [-0.25, -0.2) is 4.57 Å². The zero-order valence-corrected chi connectivity index (χ0v) is 19.8. The van der Waals surface area contributed by atoms with Gasteiger partial charge in [-0.05, 0) is 32.1 Å². The number of aliphatic hydroxyl groups is 1. The number of aliphatic imine (C=N–C) groups is 1. The molecule has 0 aliphatic carbocycles. The number of nitrogens with zero attached hydrogens (tertiary/aromatic N) is 2. The largest absolute Gasteiger partial charge is 0.466 e. The van der Waals surface area contributed by atoms with Crippen molar-refractivity contribution in [2.24, 2.45) is 4.99 Å². The lowest BCUT2D eigenvalue weighted by molar-refractivity contribution is 0.255. The van der Waals surface area contributed by atoms with E-state index in [0.717, 1.165) is 26.1 Å². The Labute approximate surface area is 183 Å². The molecule has 7 nitrogen and oxygen atoms in total. The second-order valence-electron chi connectivity index (χ2n) is 7.86. The number of rotatable bonds is 17. The predicted octanol–water partition coefficient (Wildman–Crippen LogP) is 4.80. The molecule has 0 saturated carbocycles. The SMILES string of the molecule is CCCCCCCCC=CCCCCCCCC1=NCCN1CCO.O=P(O)(O)O. The predicted molar refractivity (Wildman–Crippen MR) is 125 cm³/mol. The Bertz CT molecular complexity index is 486. The van der Waals surface area contributed by atoms with E-state index in [9.17, 15) is 0 Å². The molecule has 178 valence electrons. The smallest absolute Gasteiger partial charge is 0.395 e. The zero-order valence-electron chi connectivity index (χ0n) is 18.9. The van der Waals surface area contributed by atoms with Crippen molar-refractivity contribution >= 4 is 13.7 Å². The van der Waals surface area contributed by atoms with E-state index in [1.165, 1.54) is 89.3 Å². The lowest BCUT2D eigenvalue weighted by Gasteiger charge is -2.18. The monoisotopic (exact) mass is 448 g/mol. The summed E-state index contributed by atoms with van der Waals surface area (Å²) in [5, 5.41) is 9.05. The van der Waals surface area contributed by atoms with Gasteiger partial charge in [0.15, 0.2) is 0 Å². The molecule has 4 N–H and O–H groups in total. The maximum Gasteiger partial charge on any atom is 0.466 e. The second kappa shape index (κ2) is 20.2. The second-order valence-corrected chi connectivity index (χ2v) is 8.88. The Morgan fingerprint density at radius 2 is 1.40 bits per heavy atom. The van der Waals surface area contributed by atoms with Gasteiger partial charge >= 0.3 is 7.82 Å². The summed E-state index contributed by atoms with van der Waals surface area (Å²) in [4.78, 5) is 28.4. The Hall–Kier alpha value is -0.720.